The van der Waals surface area contributed by atoms with E-state index in [0.29, 0.717) is 19.0 Å². The van der Waals surface area contributed by atoms with Gasteiger partial charge in [0.15, 0.2) is 11.6 Å². The molecule has 34 heavy (non-hydrogen) atoms. The van der Waals surface area contributed by atoms with Crippen molar-refractivity contribution in [3.8, 4) is 16.9 Å². The molecule has 2 aromatic carbocycles. The molecular weight excluding hydrogens is 429 g/mol. The lowest BCUT2D eigenvalue weighted by molar-refractivity contribution is 0.175. The summed E-state index contributed by atoms with van der Waals surface area (Å²) in [5.41, 5.74) is 6.24. The van der Waals surface area contributed by atoms with Gasteiger partial charge >= 0.3 is 0 Å². The fourth-order valence-corrected chi connectivity index (χ4v) is 4.59. The summed E-state index contributed by atoms with van der Waals surface area (Å²) in [4.78, 5) is 10.9. The van der Waals surface area contributed by atoms with E-state index in [1.54, 1.807) is 4.57 Å². The van der Waals surface area contributed by atoms with Crippen LogP contribution in [0, 0.1) is 19.7 Å². The number of rotatable bonds is 6. The van der Waals surface area contributed by atoms with Gasteiger partial charge in [0.25, 0.3) is 0 Å². The van der Waals surface area contributed by atoms with Crippen molar-refractivity contribution in [1.29, 1.82) is 0 Å². The van der Waals surface area contributed by atoms with Gasteiger partial charge in [-0.05, 0) is 54.7 Å². The molecule has 4 aromatic rings. The van der Waals surface area contributed by atoms with Crippen molar-refractivity contribution < 1.29 is 9.50 Å². The molecule has 1 fully saturated rings. The van der Waals surface area contributed by atoms with Crippen LogP contribution in [-0.4, -0.2) is 43.7 Å². The summed E-state index contributed by atoms with van der Waals surface area (Å²) in [5, 5.41) is 13.2. The zero-order chi connectivity index (χ0) is 23.7. The van der Waals surface area contributed by atoms with Crippen LogP contribution < -0.4 is 5.32 Å². The van der Waals surface area contributed by atoms with Gasteiger partial charge in [0.2, 0.25) is 5.95 Å². The average Bonchev–Trinajstić information content (AvgIpc) is 3.41. The molecule has 0 aliphatic carbocycles. The summed E-state index contributed by atoms with van der Waals surface area (Å²) < 4.78 is 16.6. The number of nitrogens with zero attached hydrogens (tertiary/aromatic N) is 4. The van der Waals surface area contributed by atoms with E-state index in [1.807, 2.05) is 68.7 Å². The number of aliphatic hydroxyl groups is 1. The van der Waals surface area contributed by atoms with E-state index >= 15 is 0 Å². The first-order valence-electron chi connectivity index (χ1n) is 11.5. The number of aliphatic hydroxyl groups excluding tert-OH is 1. The molecule has 0 spiro atoms. The van der Waals surface area contributed by atoms with Crippen LogP contribution in [0.4, 0.5) is 16.0 Å². The first-order chi connectivity index (χ1) is 16.4. The monoisotopic (exact) mass is 457 g/mol. The van der Waals surface area contributed by atoms with Gasteiger partial charge in [-0.15, -0.1) is 0 Å². The molecule has 0 radical (unpaired) electrons. The van der Waals surface area contributed by atoms with E-state index < -0.39 is 5.82 Å². The van der Waals surface area contributed by atoms with Crippen LogP contribution in [-0.2, 0) is 6.54 Å². The lowest BCUT2D eigenvalue weighted by Crippen LogP contribution is -2.21. The maximum absolute atomic E-state index is 14.9. The Balaban J connectivity index is 1.50. The van der Waals surface area contributed by atoms with Crippen molar-refractivity contribution >= 4 is 11.6 Å². The minimum Gasteiger partial charge on any atom is -0.392 e. The highest BCUT2D eigenvalue weighted by Gasteiger charge is 2.22. The largest absolute Gasteiger partial charge is 0.392 e. The Hall–Kier alpha value is -3.55. The van der Waals surface area contributed by atoms with Crippen LogP contribution in [0.25, 0.3) is 16.9 Å². The van der Waals surface area contributed by atoms with Crippen LogP contribution in [0.1, 0.15) is 23.1 Å². The second-order valence-corrected chi connectivity index (χ2v) is 9.01. The molecule has 2 aromatic heterocycles. The second kappa shape index (κ2) is 9.37. The summed E-state index contributed by atoms with van der Waals surface area (Å²) in [7, 11) is 0. The number of aromatic nitrogens is 3. The topological polar surface area (TPSA) is 66.2 Å². The lowest BCUT2D eigenvalue weighted by Gasteiger charge is -2.15. The van der Waals surface area contributed by atoms with Gasteiger partial charge in [0.05, 0.1) is 12.3 Å². The highest BCUT2D eigenvalue weighted by Crippen LogP contribution is 2.29. The highest BCUT2D eigenvalue weighted by molar-refractivity contribution is 5.67. The SMILES string of the molecule is Cc1cc(C)cc(Nc2ncc(F)c(-n3cc(CN4CC[C@@H](O)C4)c(-c4ccccc4)c3)n2)c1. The second-order valence-electron chi connectivity index (χ2n) is 9.01. The molecule has 7 heteroatoms. The molecule has 0 amide bonds. The first kappa shape index (κ1) is 22.3. The quantitative estimate of drug-likeness (QED) is 0.427. The van der Waals surface area contributed by atoms with E-state index in [0.717, 1.165) is 46.5 Å². The van der Waals surface area contributed by atoms with Crippen molar-refractivity contribution in [3.63, 3.8) is 0 Å². The normalized spacial score (nSPS) is 16.2. The number of aryl methyl sites for hydroxylation is 2. The number of β-amino-alcohol motifs (C(OH)–C–C–N with tert-alkyl or cyclic N) is 1. The Labute approximate surface area is 198 Å². The number of likely N-dealkylation sites (tertiary alicyclic amines) is 1. The zero-order valence-electron chi connectivity index (χ0n) is 19.4. The van der Waals surface area contributed by atoms with Gasteiger partial charge in [-0.25, -0.2) is 9.37 Å². The van der Waals surface area contributed by atoms with E-state index in [2.05, 4.69) is 26.3 Å². The third-order valence-electron chi connectivity index (χ3n) is 6.08. The Kier molecular flexibility index (Phi) is 6.13. The Morgan fingerprint density at radius 2 is 1.85 bits per heavy atom. The van der Waals surface area contributed by atoms with Crippen LogP contribution in [0.15, 0.2) is 67.1 Å². The molecule has 1 aliphatic rings. The predicted octanol–water partition coefficient (Wildman–Crippen LogP) is 5.00. The third-order valence-corrected chi connectivity index (χ3v) is 6.08. The van der Waals surface area contributed by atoms with Crippen LogP contribution in [0.3, 0.4) is 0 Å². The van der Waals surface area contributed by atoms with Gasteiger partial charge in [0.1, 0.15) is 0 Å². The predicted molar refractivity (Wildman–Crippen MR) is 132 cm³/mol. The number of hydrogen-bond acceptors (Lipinski definition) is 5. The fourth-order valence-electron chi connectivity index (χ4n) is 4.59. The average molecular weight is 458 g/mol. The number of hydrogen-bond donors (Lipinski definition) is 2. The van der Waals surface area contributed by atoms with Crippen molar-refractivity contribution in [2.75, 3.05) is 18.4 Å². The van der Waals surface area contributed by atoms with E-state index in [4.69, 9.17) is 0 Å². The molecule has 0 saturated carbocycles. The summed E-state index contributed by atoms with van der Waals surface area (Å²) >= 11 is 0. The number of benzene rings is 2. The van der Waals surface area contributed by atoms with Gasteiger partial charge < -0.3 is 15.0 Å². The molecule has 1 atom stereocenters. The number of halogens is 1. The van der Waals surface area contributed by atoms with Crippen LogP contribution in [0.2, 0.25) is 0 Å². The molecule has 6 nitrogen and oxygen atoms in total. The minimum absolute atomic E-state index is 0.187. The van der Waals surface area contributed by atoms with E-state index in [-0.39, 0.29) is 11.9 Å². The number of nitrogens with one attached hydrogen (secondary N) is 1. The van der Waals surface area contributed by atoms with Crippen molar-refractivity contribution in [2.24, 2.45) is 0 Å². The van der Waals surface area contributed by atoms with Gasteiger partial charge in [-0.3, -0.25) is 4.90 Å². The Morgan fingerprint density at radius 3 is 2.56 bits per heavy atom. The van der Waals surface area contributed by atoms with E-state index in [1.165, 1.54) is 6.20 Å². The third kappa shape index (κ3) is 4.85. The summed E-state index contributed by atoms with van der Waals surface area (Å²) in [6.07, 6.45) is 5.53. The molecule has 1 aliphatic heterocycles. The molecular formula is C27H28FN5O. The molecule has 0 unspecified atom stereocenters. The highest BCUT2D eigenvalue weighted by atomic mass is 19.1. The van der Waals surface area contributed by atoms with Crippen LogP contribution in [0.5, 0.6) is 0 Å². The standard InChI is InChI=1S/C27H28FN5O/c1-18-10-19(2)12-22(11-18)30-27-29-13-25(28)26(31-27)33-15-21(14-32-9-8-23(34)16-32)24(17-33)20-6-4-3-5-7-20/h3-7,10-13,15,17,23,34H,8-9,14,16H2,1-2H3,(H,29,30,31)/t23-/m1/s1. The minimum atomic E-state index is -0.497. The Bertz CT molecular complexity index is 1280. The summed E-state index contributed by atoms with van der Waals surface area (Å²) in [6, 6.07) is 16.2. The van der Waals surface area contributed by atoms with Crippen molar-refractivity contribution in [3.05, 3.63) is 89.6 Å². The molecule has 174 valence electrons. The van der Waals surface area contributed by atoms with Gasteiger partial charge in [0, 0.05) is 43.3 Å². The van der Waals surface area contributed by atoms with E-state index in [9.17, 15) is 9.50 Å². The first-order valence-corrected chi connectivity index (χ1v) is 11.5. The summed E-state index contributed by atoms with van der Waals surface area (Å²) in [6.45, 7) is 6.22. The van der Waals surface area contributed by atoms with Crippen LogP contribution >= 0.6 is 0 Å². The maximum Gasteiger partial charge on any atom is 0.229 e. The molecule has 3 heterocycles. The molecule has 1 saturated heterocycles. The smallest absolute Gasteiger partial charge is 0.229 e. The molecule has 2 N–H and O–H groups in total. The van der Waals surface area contributed by atoms with Gasteiger partial charge in [-0.1, -0.05) is 36.4 Å². The summed E-state index contributed by atoms with van der Waals surface area (Å²) in [5.74, 6) is 0.0241. The van der Waals surface area contributed by atoms with Gasteiger partial charge in [-0.2, -0.15) is 4.98 Å². The number of anilines is 2. The molecule has 5 rings (SSSR count). The fraction of sp³-hybridized carbons (Fsp3) is 0.259. The molecule has 0 bridgehead atoms. The maximum atomic E-state index is 14.9. The Morgan fingerprint density at radius 1 is 1.09 bits per heavy atom. The van der Waals surface area contributed by atoms with Crippen molar-refractivity contribution in [2.45, 2.75) is 32.9 Å². The zero-order valence-corrected chi connectivity index (χ0v) is 19.4. The van der Waals surface area contributed by atoms with Crippen molar-refractivity contribution in [1.82, 2.24) is 19.4 Å². The lowest BCUT2D eigenvalue weighted by atomic mass is 10.0.